The van der Waals surface area contributed by atoms with Crippen LogP contribution < -0.4 is 10.1 Å². The van der Waals surface area contributed by atoms with E-state index in [4.69, 9.17) is 9.84 Å². The molecule has 0 saturated heterocycles. The van der Waals surface area contributed by atoms with Gasteiger partial charge in [0.05, 0.1) is 5.69 Å². The lowest BCUT2D eigenvalue weighted by atomic mass is 10.0. The summed E-state index contributed by atoms with van der Waals surface area (Å²) in [5, 5.41) is 16.1. The van der Waals surface area contributed by atoms with Gasteiger partial charge in [-0.05, 0) is 53.9 Å². The summed E-state index contributed by atoms with van der Waals surface area (Å²) in [5.41, 5.74) is 4.76. The average Bonchev–Trinajstić information content (AvgIpc) is 3.31. The molecule has 0 fully saturated rings. The third kappa shape index (κ3) is 4.86. The lowest BCUT2D eigenvalue weighted by molar-refractivity contribution is -0.118. The Morgan fingerprint density at radius 1 is 0.971 bits per heavy atom. The normalized spacial score (nSPS) is 11.1. The lowest BCUT2D eigenvalue weighted by Gasteiger charge is -2.14. The molecule has 2 aromatic carbocycles. The Labute approximate surface area is 202 Å². The molecule has 0 radical (unpaired) electrons. The summed E-state index contributed by atoms with van der Waals surface area (Å²) in [5.74, 6) is 1.41. The number of aromatic nitrogens is 5. The number of hydrogen-bond acceptors (Lipinski definition) is 6. The molecule has 3 aromatic heterocycles. The van der Waals surface area contributed by atoms with Crippen molar-refractivity contribution in [2.45, 2.75) is 19.8 Å². The number of pyridine rings is 1. The minimum Gasteiger partial charge on any atom is -0.483 e. The van der Waals surface area contributed by atoms with Crippen LogP contribution in [0.5, 0.6) is 5.75 Å². The molecule has 5 aromatic rings. The summed E-state index contributed by atoms with van der Waals surface area (Å²) in [7, 11) is 0. The van der Waals surface area contributed by atoms with Crippen molar-refractivity contribution < 1.29 is 9.53 Å². The average molecular weight is 465 g/mol. The maximum Gasteiger partial charge on any atom is 0.262 e. The van der Waals surface area contributed by atoms with Crippen LogP contribution in [0.3, 0.4) is 0 Å². The van der Waals surface area contributed by atoms with Gasteiger partial charge in [0.2, 0.25) is 0 Å². The molecule has 0 spiro atoms. The van der Waals surface area contributed by atoms with Crippen LogP contribution in [-0.2, 0) is 4.79 Å². The molecule has 174 valence electrons. The molecule has 8 heteroatoms. The number of anilines is 1. The number of amides is 1. The zero-order valence-corrected chi connectivity index (χ0v) is 19.4. The highest BCUT2D eigenvalue weighted by atomic mass is 16.5. The fraction of sp³-hybridized carbons (Fsp3) is 0.148. The molecular weight excluding hydrogens is 440 g/mol. The van der Waals surface area contributed by atoms with Crippen molar-refractivity contribution in [2.24, 2.45) is 0 Å². The molecular formula is C27H24N6O2. The third-order valence-corrected chi connectivity index (χ3v) is 5.52. The number of nitrogens with one attached hydrogen (secondary N) is 1. The maximum absolute atomic E-state index is 12.6. The van der Waals surface area contributed by atoms with Crippen LogP contribution in [0.2, 0.25) is 0 Å². The second kappa shape index (κ2) is 9.72. The summed E-state index contributed by atoms with van der Waals surface area (Å²) < 4.78 is 7.49. The van der Waals surface area contributed by atoms with E-state index in [2.05, 4.69) is 34.3 Å². The minimum atomic E-state index is -0.234. The van der Waals surface area contributed by atoms with Gasteiger partial charge in [-0.1, -0.05) is 44.2 Å². The number of rotatable bonds is 7. The van der Waals surface area contributed by atoms with Crippen molar-refractivity contribution in [2.75, 3.05) is 11.9 Å². The number of carbonyl (C=O) groups excluding carboxylic acids is 1. The second-order valence-electron chi connectivity index (χ2n) is 8.36. The van der Waals surface area contributed by atoms with Crippen LogP contribution in [0.25, 0.3) is 28.3 Å². The summed E-state index contributed by atoms with van der Waals surface area (Å²) in [6.07, 6.45) is 3.43. The molecule has 5 rings (SSSR count). The molecule has 8 nitrogen and oxygen atoms in total. The molecule has 3 heterocycles. The highest BCUT2D eigenvalue weighted by molar-refractivity contribution is 5.92. The Morgan fingerprint density at radius 3 is 2.66 bits per heavy atom. The van der Waals surface area contributed by atoms with Gasteiger partial charge in [0.15, 0.2) is 18.1 Å². The molecule has 1 amide bonds. The Hall–Kier alpha value is -4.59. The molecule has 35 heavy (non-hydrogen) atoms. The van der Waals surface area contributed by atoms with Crippen molar-refractivity contribution >= 4 is 17.2 Å². The van der Waals surface area contributed by atoms with Crippen LogP contribution in [-0.4, -0.2) is 37.3 Å². The van der Waals surface area contributed by atoms with Crippen LogP contribution in [0, 0.1) is 0 Å². The Morgan fingerprint density at radius 2 is 1.83 bits per heavy atom. The van der Waals surface area contributed by atoms with E-state index in [0.717, 1.165) is 28.1 Å². The van der Waals surface area contributed by atoms with E-state index in [1.807, 2.05) is 72.8 Å². The number of benzene rings is 2. The summed E-state index contributed by atoms with van der Waals surface area (Å²) in [6, 6.07) is 22.8. The van der Waals surface area contributed by atoms with Gasteiger partial charge in [0, 0.05) is 29.2 Å². The predicted molar refractivity (Wildman–Crippen MR) is 134 cm³/mol. The highest BCUT2D eigenvalue weighted by Crippen LogP contribution is 2.26. The van der Waals surface area contributed by atoms with Crippen LogP contribution in [0.15, 0.2) is 85.2 Å². The van der Waals surface area contributed by atoms with E-state index in [0.29, 0.717) is 23.1 Å². The van der Waals surface area contributed by atoms with Crippen LogP contribution >= 0.6 is 0 Å². The van der Waals surface area contributed by atoms with Gasteiger partial charge >= 0.3 is 0 Å². The molecule has 1 N–H and O–H groups in total. The van der Waals surface area contributed by atoms with Crippen LogP contribution in [0.1, 0.15) is 25.3 Å². The number of carbonyl (C=O) groups is 1. The Bertz CT molecular complexity index is 1480. The number of hydrogen-bond donors (Lipinski definition) is 1. The summed E-state index contributed by atoms with van der Waals surface area (Å²) in [6.45, 7) is 4.12. The van der Waals surface area contributed by atoms with Crippen molar-refractivity contribution in [1.29, 1.82) is 0 Å². The van der Waals surface area contributed by atoms with E-state index in [1.165, 1.54) is 0 Å². The van der Waals surface area contributed by atoms with E-state index in [9.17, 15) is 4.79 Å². The van der Waals surface area contributed by atoms with Gasteiger partial charge in [0.1, 0.15) is 5.75 Å². The maximum atomic E-state index is 12.6. The van der Waals surface area contributed by atoms with Gasteiger partial charge in [0.25, 0.3) is 5.91 Å². The lowest BCUT2D eigenvalue weighted by Crippen LogP contribution is -2.20. The fourth-order valence-corrected chi connectivity index (χ4v) is 3.80. The Balaban J connectivity index is 1.33. The number of fused-ring (bicyclic) bond motifs is 1. The molecule has 0 atom stereocenters. The summed E-state index contributed by atoms with van der Waals surface area (Å²) in [4.78, 5) is 16.7. The number of para-hydroxylation sites is 1. The first kappa shape index (κ1) is 22.2. The second-order valence-corrected chi connectivity index (χ2v) is 8.36. The third-order valence-electron chi connectivity index (χ3n) is 5.52. The standard InChI is InChI=1S/C27H24N6O2/c1-18(2)22-10-3-4-11-24(22)35-17-26(34)29-21-9-5-7-19(15-21)23-12-13-25-30-31-27(33(25)32-23)20-8-6-14-28-16-20/h3-16,18H,17H2,1-2H3,(H,29,34). The van der Waals surface area contributed by atoms with Crippen molar-refractivity contribution in [3.05, 3.63) is 90.8 Å². The quantitative estimate of drug-likeness (QED) is 0.365. The largest absolute Gasteiger partial charge is 0.483 e. The first-order valence-corrected chi connectivity index (χ1v) is 11.3. The highest BCUT2D eigenvalue weighted by Gasteiger charge is 2.12. The molecule has 0 bridgehead atoms. The number of nitrogens with zero attached hydrogens (tertiary/aromatic N) is 5. The zero-order valence-electron chi connectivity index (χ0n) is 19.4. The van der Waals surface area contributed by atoms with Gasteiger partial charge < -0.3 is 10.1 Å². The monoisotopic (exact) mass is 464 g/mol. The minimum absolute atomic E-state index is 0.0760. The van der Waals surface area contributed by atoms with Gasteiger partial charge in [-0.3, -0.25) is 9.78 Å². The zero-order chi connectivity index (χ0) is 24.2. The molecule has 0 aliphatic carbocycles. The molecule has 0 aliphatic heterocycles. The van der Waals surface area contributed by atoms with Crippen molar-refractivity contribution in [3.63, 3.8) is 0 Å². The van der Waals surface area contributed by atoms with Gasteiger partial charge in [-0.15, -0.1) is 10.2 Å². The fourth-order valence-electron chi connectivity index (χ4n) is 3.80. The van der Waals surface area contributed by atoms with Gasteiger partial charge in [-0.25, -0.2) is 0 Å². The SMILES string of the molecule is CC(C)c1ccccc1OCC(=O)Nc1cccc(-c2ccc3nnc(-c4cccnc4)n3n2)c1. The van der Waals surface area contributed by atoms with Crippen LogP contribution in [0.4, 0.5) is 5.69 Å². The summed E-state index contributed by atoms with van der Waals surface area (Å²) >= 11 is 0. The molecule has 0 aliphatic rings. The van der Waals surface area contributed by atoms with E-state index < -0.39 is 0 Å². The first-order valence-electron chi connectivity index (χ1n) is 11.3. The Kier molecular flexibility index (Phi) is 6.17. The smallest absolute Gasteiger partial charge is 0.262 e. The molecule has 0 saturated carbocycles. The van der Waals surface area contributed by atoms with E-state index in [1.54, 1.807) is 16.9 Å². The predicted octanol–water partition coefficient (Wildman–Crippen LogP) is 4.99. The number of ether oxygens (including phenoxy) is 1. The van der Waals surface area contributed by atoms with Crippen molar-refractivity contribution in [1.82, 2.24) is 24.8 Å². The first-order chi connectivity index (χ1) is 17.1. The van der Waals surface area contributed by atoms with Gasteiger partial charge in [-0.2, -0.15) is 9.61 Å². The molecule has 0 unspecified atom stereocenters. The van der Waals surface area contributed by atoms with Crippen molar-refractivity contribution in [3.8, 4) is 28.4 Å². The topological polar surface area (TPSA) is 94.3 Å². The van der Waals surface area contributed by atoms with E-state index in [-0.39, 0.29) is 12.5 Å². The van der Waals surface area contributed by atoms with E-state index >= 15 is 0 Å².